The van der Waals surface area contributed by atoms with Gasteiger partial charge in [-0.15, -0.1) is 0 Å². The molecule has 0 bridgehead atoms. The van der Waals surface area contributed by atoms with Gasteiger partial charge in [-0.1, -0.05) is 25.1 Å². The minimum Gasteiger partial charge on any atom is -0.305 e. The van der Waals surface area contributed by atoms with Crippen molar-refractivity contribution in [2.45, 2.75) is 50.6 Å². The molecule has 0 fully saturated rings. The largest absolute Gasteiger partial charge is 0.305 e. The summed E-state index contributed by atoms with van der Waals surface area (Å²) >= 11 is 0. The zero-order chi connectivity index (χ0) is 18.9. The Hall–Kier alpha value is -2.18. The molecule has 0 aliphatic carbocycles. The van der Waals surface area contributed by atoms with Crippen LogP contribution in [0.25, 0.3) is 0 Å². The van der Waals surface area contributed by atoms with E-state index in [4.69, 9.17) is 0 Å². The number of sulfonamides is 1. The normalized spacial score (nSPS) is 17.8. The highest BCUT2D eigenvalue weighted by Gasteiger charge is 2.32. The van der Waals surface area contributed by atoms with Crippen molar-refractivity contribution in [3.63, 3.8) is 0 Å². The second-order valence-electron chi connectivity index (χ2n) is 6.82. The first kappa shape index (κ1) is 18.6. The molecule has 2 aromatic carbocycles. The smallest absolute Gasteiger partial charge is 0.258 e. The van der Waals surface area contributed by atoms with Gasteiger partial charge in [0.05, 0.1) is 4.90 Å². The van der Waals surface area contributed by atoms with E-state index < -0.39 is 10.0 Å². The molecule has 3 rings (SSSR count). The molecule has 6 heteroatoms. The highest BCUT2D eigenvalue weighted by Crippen LogP contribution is 2.35. The molecule has 1 amide bonds. The van der Waals surface area contributed by atoms with Crippen LogP contribution >= 0.6 is 0 Å². The maximum Gasteiger partial charge on any atom is 0.258 e. The molecule has 1 N–H and O–H groups in total. The Morgan fingerprint density at radius 1 is 1.23 bits per heavy atom. The van der Waals surface area contributed by atoms with Crippen LogP contribution in [0.5, 0.6) is 0 Å². The maximum atomic E-state index is 12.9. The van der Waals surface area contributed by atoms with Crippen LogP contribution in [0.2, 0.25) is 0 Å². The van der Waals surface area contributed by atoms with Gasteiger partial charge in [-0.05, 0) is 62.6 Å². The Morgan fingerprint density at radius 3 is 2.58 bits per heavy atom. The molecule has 0 spiro atoms. The number of amides is 1. The summed E-state index contributed by atoms with van der Waals surface area (Å²) in [6, 6.07) is 14.0. The standard InChI is InChI=1S/C20H24N2O3S/c1-4-14(2)21-26(24,25)18-10-11-19-17(13-18)12-15(3)22(19)20(23)16-8-6-5-7-9-16/h5-11,13-15,21H,4,12H2,1-3H3/t14-,15-/m0/s1. The van der Waals surface area contributed by atoms with Crippen LogP contribution < -0.4 is 9.62 Å². The maximum absolute atomic E-state index is 12.9. The van der Waals surface area contributed by atoms with Gasteiger partial charge < -0.3 is 4.90 Å². The Bertz CT molecular complexity index is 910. The SMILES string of the molecule is CC[C@H](C)NS(=O)(=O)c1ccc2c(c1)C[C@H](C)N2C(=O)c1ccccc1. The van der Waals surface area contributed by atoms with Crippen molar-refractivity contribution >= 4 is 21.6 Å². The van der Waals surface area contributed by atoms with E-state index in [0.717, 1.165) is 17.7 Å². The lowest BCUT2D eigenvalue weighted by atomic mass is 10.1. The van der Waals surface area contributed by atoms with Gasteiger partial charge >= 0.3 is 0 Å². The molecule has 2 atom stereocenters. The first-order chi connectivity index (χ1) is 12.3. The van der Waals surface area contributed by atoms with E-state index in [2.05, 4.69) is 4.72 Å². The van der Waals surface area contributed by atoms with Crippen molar-refractivity contribution in [1.82, 2.24) is 4.72 Å². The monoisotopic (exact) mass is 372 g/mol. The summed E-state index contributed by atoms with van der Waals surface area (Å²) in [6.07, 6.45) is 1.36. The van der Waals surface area contributed by atoms with E-state index in [0.29, 0.717) is 12.0 Å². The number of nitrogens with one attached hydrogen (secondary N) is 1. The average Bonchev–Trinajstić information content (AvgIpc) is 2.96. The molecule has 0 unspecified atom stereocenters. The van der Waals surface area contributed by atoms with Crippen molar-refractivity contribution in [3.05, 3.63) is 59.7 Å². The second-order valence-corrected chi connectivity index (χ2v) is 8.53. The first-order valence-electron chi connectivity index (χ1n) is 8.87. The molecular weight excluding hydrogens is 348 g/mol. The fraction of sp³-hybridized carbons (Fsp3) is 0.350. The molecule has 0 saturated heterocycles. The Labute approximate surface area is 155 Å². The molecule has 138 valence electrons. The van der Waals surface area contributed by atoms with Crippen molar-refractivity contribution < 1.29 is 13.2 Å². The van der Waals surface area contributed by atoms with Gasteiger partial charge in [0, 0.05) is 23.3 Å². The van der Waals surface area contributed by atoms with Crippen molar-refractivity contribution in [2.24, 2.45) is 0 Å². The molecule has 1 heterocycles. The van der Waals surface area contributed by atoms with Crippen molar-refractivity contribution in [1.29, 1.82) is 0 Å². The summed E-state index contributed by atoms with van der Waals surface area (Å²) in [5.74, 6) is -0.0646. The average molecular weight is 372 g/mol. The summed E-state index contributed by atoms with van der Waals surface area (Å²) in [5.41, 5.74) is 2.30. The predicted octanol–water partition coefficient (Wildman–Crippen LogP) is 3.35. The van der Waals surface area contributed by atoms with Crippen LogP contribution in [0.3, 0.4) is 0 Å². The highest BCUT2D eigenvalue weighted by molar-refractivity contribution is 7.89. The molecule has 0 radical (unpaired) electrons. The van der Waals surface area contributed by atoms with Crippen LogP contribution in [0.4, 0.5) is 5.69 Å². The number of fused-ring (bicyclic) bond motifs is 1. The van der Waals surface area contributed by atoms with E-state index in [1.54, 1.807) is 35.2 Å². The van der Waals surface area contributed by atoms with Crippen LogP contribution in [0.1, 0.15) is 43.1 Å². The number of benzene rings is 2. The van der Waals surface area contributed by atoms with E-state index >= 15 is 0 Å². The highest BCUT2D eigenvalue weighted by atomic mass is 32.2. The number of carbonyl (C=O) groups excluding carboxylic acids is 1. The lowest BCUT2D eigenvalue weighted by Gasteiger charge is -2.23. The summed E-state index contributed by atoms with van der Waals surface area (Å²) in [7, 11) is -3.55. The van der Waals surface area contributed by atoms with E-state index in [1.807, 2.05) is 39.0 Å². The van der Waals surface area contributed by atoms with Gasteiger partial charge in [0.1, 0.15) is 0 Å². The van der Waals surface area contributed by atoms with E-state index in [1.165, 1.54) is 0 Å². The first-order valence-corrected chi connectivity index (χ1v) is 10.4. The third-order valence-corrected chi connectivity index (χ3v) is 6.37. The number of rotatable bonds is 5. The lowest BCUT2D eigenvalue weighted by Crippen LogP contribution is -2.35. The number of nitrogens with zero attached hydrogens (tertiary/aromatic N) is 1. The van der Waals surface area contributed by atoms with Gasteiger partial charge in [0.25, 0.3) is 5.91 Å². The van der Waals surface area contributed by atoms with Gasteiger partial charge in [-0.2, -0.15) is 0 Å². The second kappa shape index (κ2) is 7.21. The number of hydrogen-bond acceptors (Lipinski definition) is 3. The number of anilines is 1. The minimum atomic E-state index is -3.55. The lowest BCUT2D eigenvalue weighted by molar-refractivity contribution is 0.0981. The summed E-state index contributed by atoms with van der Waals surface area (Å²) in [4.78, 5) is 14.9. The third-order valence-electron chi connectivity index (χ3n) is 4.79. The third kappa shape index (κ3) is 3.52. The van der Waals surface area contributed by atoms with Crippen LogP contribution in [0, 0.1) is 0 Å². The fourth-order valence-electron chi connectivity index (χ4n) is 3.22. The molecular formula is C20H24N2O3S. The summed E-state index contributed by atoms with van der Waals surface area (Å²) in [6.45, 7) is 5.75. The molecule has 1 aliphatic heterocycles. The van der Waals surface area contributed by atoms with Crippen LogP contribution in [-0.2, 0) is 16.4 Å². The number of carbonyl (C=O) groups is 1. The Kier molecular flexibility index (Phi) is 5.16. The number of hydrogen-bond donors (Lipinski definition) is 1. The van der Waals surface area contributed by atoms with Crippen molar-refractivity contribution in [3.8, 4) is 0 Å². The molecule has 26 heavy (non-hydrogen) atoms. The molecule has 1 aliphatic rings. The van der Waals surface area contributed by atoms with E-state index in [-0.39, 0.29) is 22.9 Å². The molecule has 2 aromatic rings. The molecule has 0 aromatic heterocycles. The predicted molar refractivity (Wildman–Crippen MR) is 103 cm³/mol. The molecule has 0 saturated carbocycles. The van der Waals surface area contributed by atoms with Crippen LogP contribution in [-0.4, -0.2) is 26.4 Å². The Morgan fingerprint density at radius 2 is 1.92 bits per heavy atom. The topological polar surface area (TPSA) is 66.5 Å². The van der Waals surface area contributed by atoms with Gasteiger partial charge in [-0.3, -0.25) is 4.79 Å². The summed E-state index contributed by atoms with van der Waals surface area (Å²) in [5, 5.41) is 0. The zero-order valence-corrected chi connectivity index (χ0v) is 16.1. The van der Waals surface area contributed by atoms with Crippen LogP contribution in [0.15, 0.2) is 53.4 Å². The minimum absolute atomic E-state index is 0.0156. The van der Waals surface area contributed by atoms with E-state index in [9.17, 15) is 13.2 Å². The van der Waals surface area contributed by atoms with Gasteiger partial charge in [-0.25, -0.2) is 13.1 Å². The fourth-order valence-corrected chi connectivity index (χ4v) is 4.60. The van der Waals surface area contributed by atoms with Gasteiger partial charge in [0.2, 0.25) is 10.0 Å². The van der Waals surface area contributed by atoms with Crippen molar-refractivity contribution in [2.75, 3.05) is 4.90 Å². The quantitative estimate of drug-likeness (QED) is 0.875. The van der Waals surface area contributed by atoms with Gasteiger partial charge in [0.15, 0.2) is 0 Å². The molecule has 5 nitrogen and oxygen atoms in total. The Balaban J connectivity index is 1.93. The summed E-state index contributed by atoms with van der Waals surface area (Å²) < 4.78 is 27.7. The zero-order valence-electron chi connectivity index (χ0n) is 15.3.